The minimum Gasteiger partial charge on any atom is -0.493 e. The number of nitrogens with zero attached hydrogens (tertiary/aromatic N) is 2. The molecular formula is C11H11ClN2O4S. The molecule has 1 aromatic heterocycles. The van der Waals surface area contributed by atoms with Crippen molar-refractivity contribution in [2.45, 2.75) is 18.7 Å². The van der Waals surface area contributed by atoms with Crippen LogP contribution in [0.3, 0.4) is 0 Å². The molecular weight excluding hydrogens is 292 g/mol. The number of benzene rings is 1. The van der Waals surface area contributed by atoms with E-state index in [1.807, 2.05) is 6.92 Å². The van der Waals surface area contributed by atoms with Crippen LogP contribution < -0.4 is 4.74 Å². The Labute approximate surface area is 114 Å². The number of halogens is 1. The maximum absolute atomic E-state index is 11.3. The molecule has 0 spiro atoms. The molecule has 0 amide bonds. The third-order valence-electron chi connectivity index (χ3n) is 2.29. The molecule has 1 aromatic carbocycles. The van der Waals surface area contributed by atoms with Gasteiger partial charge in [-0.05, 0) is 32.0 Å². The largest absolute Gasteiger partial charge is 0.493 e. The fourth-order valence-corrected chi connectivity index (χ4v) is 2.29. The highest BCUT2D eigenvalue weighted by Gasteiger charge is 2.18. The van der Waals surface area contributed by atoms with Crippen molar-refractivity contribution in [1.29, 1.82) is 0 Å². The average molecular weight is 303 g/mol. The zero-order valence-corrected chi connectivity index (χ0v) is 11.8. The Morgan fingerprint density at radius 2 is 2.16 bits per heavy atom. The van der Waals surface area contributed by atoms with Crippen molar-refractivity contribution in [3.05, 3.63) is 24.0 Å². The van der Waals surface area contributed by atoms with Gasteiger partial charge in [0.15, 0.2) is 5.82 Å². The van der Waals surface area contributed by atoms with E-state index >= 15 is 0 Å². The van der Waals surface area contributed by atoms with E-state index in [9.17, 15) is 8.42 Å². The number of hydrogen-bond donors (Lipinski definition) is 0. The van der Waals surface area contributed by atoms with Crippen LogP contribution in [0.15, 0.2) is 27.6 Å². The molecule has 1 heterocycles. The van der Waals surface area contributed by atoms with Gasteiger partial charge < -0.3 is 9.26 Å². The fourth-order valence-electron chi connectivity index (χ4n) is 1.52. The molecule has 0 aliphatic rings. The summed E-state index contributed by atoms with van der Waals surface area (Å²) in [5.41, 5.74) is 0.393. The zero-order valence-electron chi connectivity index (χ0n) is 10.3. The summed E-state index contributed by atoms with van der Waals surface area (Å²) in [5.74, 6) is 1.08. The lowest BCUT2D eigenvalue weighted by Crippen LogP contribution is -1.97. The van der Waals surface area contributed by atoms with Crippen molar-refractivity contribution in [2.75, 3.05) is 6.61 Å². The van der Waals surface area contributed by atoms with Crippen LogP contribution in [0.25, 0.3) is 11.5 Å². The smallest absolute Gasteiger partial charge is 0.261 e. The average Bonchev–Trinajstić information content (AvgIpc) is 2.75. The standard InChI is InChI=1S/C11H11ClN2O4S/c1-3-17-10-5-4-8(19(12,15)16)6-9(10)11-13-7(2)14-18-11/h4-6H,3H2,1-2H3. The summed E-state index contributed by atoms with van der Waals surface area (Å²) in [4.78, 5) is 4.00. The summed E-state index contributed by atoms with van der Waals surface area (Å²) in [6.45, 7) is 3.90. The Kier molecular flexibility index (Phi) is 3.77. The minimum absolute atomic E-state index is 0.0523. The van der Waals surface area contributed by atoms with E-state index in [-0.39, 0.29) is 10.8 Å². The molecule has 8 heteroatoms. The van der Waals surface area contributed by atoms with E-state index in [0.717, 1.165) is 0 Å². The molecule has 0 unspecified atom stereocenters. The van der Waals surface area contributed by atoms with Crippen LogP contribution in [0.5, 0.6) is 5.75 Å². The van der Waals surface area contributed by atoms with Crippen molar-refractivity contribution >= 4 is 19.7 Å². The van der Waals surface area contributed by atoms with Gasteiger partial charge in [-0.3, -0.25) is 0 Å². The van der Waals surface area contributed by atoms with Crippen LogP contribution in [0.1, 0.15) is 12.7 Å². The van der Waals surface area contributed by atoms with Gasteiger partial charge in [-0.25, -0.2) is 8.42 Å². The van der Waals surface area contributed by atoms with Crippen LogP contribution >= 0.6 is 10.7 Å². The van der Waals surface area contributed by atoms with Gasteiger partial charge >= 0.3 is 0 Å². The molecule has 6 nitrogen and oxygen atoms in total. The molecule has 0 atom stereocenters. The molecule has 0 saturated heterocycles. The summed E-state index contributed by atoms with van der Waals surface area (Å²) < 4.78 is 33.1. The first kappa shape index (κ1) is 13.8. The number of aromatic nitrogens is 2. The van der Waals surface area contributed by atoms with Crippen molar-refractivity contribution in [3.63, 3.8) is 0 Å². The monoisotopic (exact) mass is 302 g/mol. The van der Waals surface area contributed by atoms with Gasteiger partial charge in [0, 0.05) is 10.7 Å². The number of aryl methyl sites for hydroxylation is 1. The van der Waals surface area contributed by atoms with Gasteiger partial charge in [0.25, 0.3) is 14.9 Å². The second kappa shape index (κ2) is 5.18. The molecule has 0 aliphatic carbocycles. The van der Waals surface area contributed by atoms with Gasteiger partial charge in [-0.1, -0.05) is 5.16 Å². The second-order valence-electron chi connectivity index (χ2n) is 3.68. The summed E-state index contributed by atoms with van der Waals surface area (Å²) in [6, 6.07) is 4.22. The molecule has 2 rings (SSSR count). The van der Waals surface area contributed by atoms with E-state index in [1.54, 1.807) is 6.92 Å². The third-order valence-corrected chi connectivity index (χ3v) is 3.64. The Bertz CT molecular complexity index is 696. The van der Waals surface area contributed by atoms with Crippen LogP contribution in [0.2, 0.25) is 0 Å². The maximum atomic E-state index is 11.3. The highest BCUT2D eigenvalue weighted by Crippen LogP contribution is 2.32. The summed E-state index contributed by atoms with van der Waals surface area (Å²) in [6.07, 6.45) is 0. The first-order valence-corrected chi connectivity index (χ1v) is 7.75. The molecule has 19 heavy (non-hydrogen) atoms. The van der Waals surface area contributed by atoms with E-state index < -0.39 is 9.05 Å². The predicted molar refractivity (Wildman–Crippen MR) is 68.7 cm³/mol. The summed E-state index contributed by atoms with van der Waals surface area (Å²) in [7, 11) is 1.49. The first-order chi connectivity index (χ1) is 8.91. The second-order valence-corrected chi connectivity index (χ2v) is 6.24. The lowest BCUT2D eigenvalue weighted by Gasteiger charge is -2.08. The lowest BCUT2D eigenvalue weighted by atomic mass is 10.2. The Hall–Kier alpha value is -1.60. The maximum Gasteiger partial charge on any atom is 0.261 e. The molecule has 2 aromatic rings. The number of rotatable bonds is 4. The van der Waals surface area contributed by atoms with E-state index in [4.69, 9.17) is 19.9 Å². The zero-order chi connectivity index (χ0) is 14.0. The SMILES string of the molecule is CCOc1ccc(S(=O)(=O)Cl)cc1-c1nc(C)no1. The summed E-state index contributed by atoms with van der Waals surface area (Å²) >= 11 is 0. The molecule has 0 saturated carbocycles. The lowest BCUT2D eigenvalue weighted by molar-refractivity contribution is 0.339. The molecule has 0 fully saturated rings. The highest BCUT2D eigenvalue weighted by atomic mass is 35.7. The predicted octanol–water partition coefficient (Wildman–Crippen LogP) is 2.37. The van der Waals surface area contributed by atoms with E-state index in [2.05, 4.69) is 10.1 Å². The van der Waals surface area contributed by atoms with Crippen molar-refractivity contribution < 1.29 is 17.7 Å². The van der Waals surface area contributed by atoms with Gasteiger partial charge in [0.1, 0.15) is 5.75 Å². The molecule has 0 bridgehead atoms. The Morgan fingerprint density at radius 3 is 2.68 bits per heavy atom. The van der Waals surface area contributed by atoms with Crippen LogP contribution in [-0.2, 0) is 9.05 Å². The molecule has 0 radical (unpaired) electrons. The van der Waals surface area contributed by atoms with Crippen LogP contribution in [-0.4, -0.2) is 25.2 Å². The Balaban J connectivity index is 2.60. The summed E-state index contributed by atoms with van der Waals surface area (Å²) in [5, 5.41) is 3.66. The topological polar surface area (TPSA) is 82.3 Å². The number of ether oxygens (including phenoxy) is 1. The molecule has 0 N–H and O–H groups in total. The normalized spacial score (nSPS) is 11.5. The quantitative estimate of drug-likeness (QED) is 0.806. The van der Waals surface area contributed by atoms with Gasteiger partial charge in [0.2, 0.25) is 0 Å². The van der Waals surface area contributed by atoms with Gasteiger partial charge in [0.05, 0.1) is 17.1 Å². The molecule has 0 aliphatic heterocycles. The van der Waals surface area contributed by atoms with E-state index in [1.165, 1.54) is 18.2 Å². The van der Waals surface area contributed by atoms with Gasteiger partial charge in [-0.15, -0.1) is 0 Å². The van der Waals surface area contributed by atoms with Crippen molar-refractivity contribution in [1.82, 2.24) is 10.1 Å². The van der Waals surface area contributed by atoms with E-state index in [0.29, 0.717) is 23.7 Å². The van der Waals surface area contributed by atoms with Crippen molar-refractivity contribution in [3.8, 4) is 17.2 Å². The Morgan fingerprint density at radius 1 is 1.42 bits per heavy atom. The van der Waals surface area contributed by atoms with Crippen molar-refractivity contribution in [2.24, 2.45) is 0 Å². The highest BCUT2D eigenvalue weighted by molar-refractivity contribution is 8.13. The first-order valence-electron chi connectivity index (χ1n) is 5.44. The fraction of sp³-hybridized carbons (Fsp3) is 0.273. The van der Waals surface area contributed by atoms with Crippen LogP contribution in [0, 0.1) is 6.92 Å². The molecule has 102 valence electrons. The van der Waals surface area contributed by atoms with Crippen LogP contribution in [0.4, 0.5) is 0 Å². The third kappa shape index (κ3) is 3.05. The van der Waals surface area contributed by atoms with Gasteiger partial charge in [-0.2, -0.15) is 4.98 Å². The number of hydrogen-bond acceptors (Lipinski definition) is 6. The minimum atomic E-state index is -3.83.